The van der Waals surface area contributed by atoms with Crippen molar-refractivity contribution in [3.05, 3.63) is 153 Å². The highest BCUT2D eigenvalue weighted by Gasteiger charge is 2.34. The van der Waals surface area contributed by atoms with Crippen LogP contribution in [0.2, 0.25) is 0 Å². The van der Waals surface area contributed by atoms with E-state index in [0.29, 0.717) is 45.1 Å². The van der Waals surface area contributed by atoms with E-state index in [1.54, 1.807) is 0 Å². The summed E-state index contributed by atoms with van der Waals surface area (Å²) < 4.78 is 0. The van der Waals surface area contributed by atoms with Crippen LogP contribution in [0.5, 0.6) is 11.8 Å². The molecule has 236 valence electrons. The summed E-state index contributed by atoms with van der Waals surface area (Å²) in [5.41, 5.74) is 11.9. The zero-order valence-electron chi connectivity index (χ0n) is 26.8. The lowest BCUT2D eigenvalue weighted by molar-refractivity contribution is 0.0998. The maximum absolute atomic E-state index is 12.5. The number of rotatable bonds is 4. The molecule has 4 aromatic carbocycles. The summed E-state index contributed by atoms with van der Waals surface area (Å²) >= 11 is 0. The van der Waals surface area contributed by atoms with Gasteiger partial charge in [-0.25, -0.2) is 9.98 Å². The number of benzene rings is 4. The smallest absolute Gasteiger partial charge is 0.280 e. The third kappa shape index (κ3) is 5.33. The van der Waals surface area contributed by atoms with Gasteiger partial charge in [-0.2, -0.15) is 0 Å². The Morgan fingerprint density at radius 2 is 0.854 bits per heavy atom. The van der Waals surface area contributed by atoms with E-state index < -0.39 is 0 Å². The van der Waals surface area contributed by atoms with E-state index >= 15 is 0 Å². The minimum Gasteiger partial charge on any atom is -0.494 e. The van der Waals surface area contributed by atoms with Crippen LogP contribution >= 0.6 is 0 Å². The molecule has 8 rings (SSSR count). The van der Waals surface area contributed by atoms with E-state index in [1.165, 1.54) is 0 Å². The van der Waals surface area contributed by atoms with Crippen LogP contribution < -0.4 is 0 Å². The number of nitrogens with zero attached hydrogens (tertiary/aromatic N) is 2. The van der Waals surface area contributed by atoms with Crippen LogP contribution in [0, 0.1) is 27.7 Å². The SMILES string of the molecule is Cc1ccc(C2=NC(=O)c3c(-c4cccc(C)c4)[nH]c(O)c32)cc1.Cc1cccc(C2=NC(=O)c3c(-c4cccc(C)c4)[nH]c(O)c32)c1. The van der Waals surface area contributed by atoms with Crippen molar-refractivity contribution in [3.8, 4) is 34.3 Å². The monoisotopic (exact) mass is 632 g/mol. The first-order valence-electron chi connectivity index (χ1n) is 15.5. The van der Waals surface area contributed by atoms with Gasteiger partial charge in [-0.05, 0) is 57.0 Å². The molecule has 0 fully saturated rings. The van der Waals surface area contributed by atoms with E-state index in [1.807, 2.05) is 125 Å². The average Bonchev–Trinajstić information content (AvgIpc) is 3.80. The van der Waals surface area contributed by atoms with Crippen molar-refractivity contribution in [3.63, 3.8) is 0 Å². The molecular weight excluding hydrogens is 600 g/mol. The van der Waals surface area contributed by atoms with Crippen molar-refractivity contribution < 1.29 is 19.8 Å². The third-order valence-corrected chi connectivity index (χ3v) is 8.52. The van der Waals surface area contributed by atoms with Crippen molar-refractivity contribution in [1.82, 2.24) is 9.97 Å². The summed E-state index contributed by atoms with van der Waals surface area (Å²) in [6, 6.07) is 31.1. The first kappa shape index (κ1) is 30.4. The molecule has 2 amide bonds. The normalized spacial score (nSPS) is 13.1. The molecule has 4 N–H and O–H groups in total. The van der Waals surface area contributed by atoms with Gasteiger partial charge in [0.15, 0.2) is 11.8 Å². The minimum absolute atomic E-state index is 0.0207. The van der Waals surface area contributed by atoms with Crippen LogP contribution in [-0.4, -0.2) is 43.4 Å². The summed E-state index contributed by atoms with van der Waals surface area (Å²) in [6.45, 7) is 7.96. The molecule has 0 unspecified atom stereocenters. The molecule has 8 heteroatoms. The number of aromatic nitrogens is 2. The Labute approximate surface area is 277 Å². The number of amides is 2. The second kappa shape index (κ2) is 11.8. The highest BCUT2D eigenvalue weighted by Crippen LogP contribution is 2.39. The first-order valence-corrected chi connectivity index (χ1v) is 15.5. The molecule has 0 saturated carbocycles. The molecule has 8 nitrogen and oxygen atoms in total. The second-order valence-corrected chi connectivity index (χ2v) is 12.2. The quantitative estimate of drug-likeness (QED) is 0.157. The molecule has 6 aromatic rings. The van der Waals surface area contributed by atoms with Gasteiger partial charge in [0.05, 0.1) is 45.1 Å². The standard InChI is InChI=1S/2C20H16N2O2/c1-11-5-3-7-13(9-11)17-15-16(20(24)21-17)18(22-19(15)23)14-8-4-6-12(2)10-14;1-11-6-8-13(9-7-11)17-15-16(20(24)21-17)18(22-19(15)23)14-5-3-4-12(2)10-14/h3-10,21,24H,1-2H3;3-10,22-23H,1-2H3. The Kier molecular flexibility index (Phi) is 7.48. The molecule has 0 aliphatic carbocycles. The zero-order chi connectivity index (χ0) is 33.7. The topological polar surface area (TPSA) is 131 Å². The maximum atomic E-state index is 12.5. The van der Waals surface area contributed by atoms with Crippen LogP contribution in [-0.2, 0) is 0 Å². The van der Waals surface area contributed by atoms with Crippen LogP contribution in [0.4, 0.5) is 0 Å². The molecule has 2 aromatic heterocycles. The lowest BCUT2D eigenvalue weighted by Crippen LogP contribution is -2.00. The van der Waals surface area contributed by atoms with Gasteiger partial charge < -0.3 is 20.2 Å². The number of hydrogen-bond donors (Lipinski definition) is 4. The number of aromatic hydroxyl groups is 2. The summed E-state index contributed by atoms with van der Waals surface area (Å²) in [5, 5.41) is 20.8. The second-order valence-electron chi connectivity index (χ2n) is 12.2. The lowest BCUT2D eigenvalue weighted by atomic mass is 9.99. The molecule has 0 spiro atoms. The molecule has 4 heterocycles. The van der Waals surface area contributed by atoms with Crippen molar-refractivity contribution >= 4 is 23.2 Å². The highest BCUT2D eigenvalue weighted by molar-refractivity contribution is 6.31. The molecular formula is C40H32N4O4. The number of fused-ring (bicyclic) bond motifs is 2. The van der Waals surface area contributed by atoms with Crippen LogP contribution in [0.25, 0.3) is 22.5 Å². The number of aryl methyl sites for hydroxylation is 4. The number of aliphatic imine (C=N–C) groups is 2. The van der Waals surface area contributed by atoms with Crippen molar-refractivity contribution in [2.45, 2.75) is 27.7 Å². The van der Waals surface area contributed by atoms with E-state index in [4.69, 9.17) is 0 Å². The Hall–Kier alpha value is -6.28. The van der Waals surface area contributed by atoms with E-state index in [-0.39, 0.29) is 23.6 Å². The number of nitrogens with one attached hydrogen (secondary N) is 2. The van der Waals surface area contributed by atoms with Crippen molar-refractivity contribution in [2.75, 3.05) is 0 Å². The molecule has 0 bridgehead atoms. The average molecular weight is 633 g/mol. The molecule has 0 atom stereocenters. The van der Waals surface area contributed by atoms with Gasteiger partial charge in [0.2, 0.25) is 0 Å². The number of aromatic amines is 2. The van der Waals surface area contributed by atoms with Gasteiger partial charge in [0.25, 0.3) is 11.8 Å². The first-order chi connectivity index (χ1) is 23.1. The van der Waals surface area contributed by atoms with E-state index in [0.717, 1.165) is 44.5 Å². The number of carbonyl (C=O) groups excluding carboxylic acids is 2. The van der Waals surface area contributed by atoms with Gasteiger partial charge in [-0.3, -0.25) is 9.59 Å². The Balaban J connectivity index is 0.000000152. The predicted molar refractivity (Wildman–Crippen MR) is 188 cm³/mol. The van der Waals surface area contributed by atoms with Gasteiger partial charge in [0, 0.05) is 11.1 Å². The fourth-order valence-corrected chi connectivity index (χ4v) is 6.24. The molecule has 48 heavy (non-hydrogen) atoms. The summed E-state index contributed by atoms with van der Waals surface area (Å²) in [4.78, 5) is 39.3. The van der Waals surface area contributed by atoms with Crippen LogP contribution in [0.3, 0.4) is 0 Å². The largest absolute Gasteiger partial charge is 0.494 e. The third-order valence-electron chi connectivity index (χ3n) is 8.52. The highest BCUT2D eigenvalue weighted by atomic mass is 16.3. The minimum atomic E-state index is -0.325. The summed E-state index contributed by atoms with van der Waals surface area (Å²) in [7, 11) is 0. The zero-order valence-corrected chi connectivity index (χ0v) is 26.8. The Bertz CT molecular complexity index is 2340. The summed E-state index contributed by atoms with van der Waals surface area (Å²) in [6.07, 6.45) is 0. The Morgan fingerprint density at radius 1 is 0.458 bits per heavy atom. The maximum Gasteiger partial charge on any atom is 0.280 e. The predicted octanol–water partition coefficient (Wildman–Crippen LogP) is 7.99. The van der Waals surface area contributed by atoms with E-state index in [9.17, 15) is 19.8 Å². The summed E-state index contributed by atoms with van der Waals surface area (Å²) in [5.74, 6) is -0.692. The lowest BCUT2D eigenvalue weighted by Gasteiger charge is -2.02. The van der Waals surface area contributed by atoms with Gasteiger partial charge in [-0.15, -0.1) is 0 Å². The molecule has 2 aliphatic heterocycles. The molecule has 0 saturated heterocycles. The fourth-order valence-electron chi connectivity index (χ4n) is 6.24. The number of H-pyrrole nitrogens is 2. The Morgan fingerprint density at radius 3 is 1.29 bits per heavy atom. The van der Waals surface area contributed by atoms with Crippen LogP contribution in [0.15, 0.2) is 107 Å². The molecule has 2 aliphatic rings. The van der Waals surface area contributed by atoms with E-state index in [2.05, 4.69) is 20.0 Å². The number of hydrogen-bond acceptors (Lipinski definition) is 4. The van der Waals surface area contributed by atoms with Crippen LogP contribution in [0.1, 0.15) is 65.2 Å². The van der Waals surface area contributed by atoms with Gasteiger partial charge in [-0.1, -0.05) is 101 Å². The van der Waals surface area contributed by atoms with Gasteiger partial charge in [0.1, 0.15) is 0 Å². The van der Waals surface area contributed by atoms with Crippen molar-refractivity contribution in [1.29, 1.82) is 0 Å². The number of carbonyl (C=O) groups is 2. The molecule has 0 radical (unpaired) electrons. The van der Waals surface area contributed by atoms with Crippen molar-refractivity contribution in [2.24, 2.45) is 9.98 Å². The van der Waals surface area contributed by atoms with Gasteiger partial charge >= 0.3 is 0 Å². The fraction of sp³-hybridized carbons (Fsp3) is 0.100.